The molecule has 0 unspecified atom stereocenters. The Kier molecular flexibility index (Phi) is 4.40. The molecular weight excluding hydrogens is 360 g/mol. The number of H-pyrrole nitrogens is 1. The molecule has 0 spiro atoms. The van der Waals surface area contributed by atoms with Crippen molar-refractivity contribution >= 4 is 28.0 Å². The normalized spacial score (nSPS) is 12.0. The Morgan fingerprint density at radius 1 is 1.26 bits per heavy atom. The molecule has 4 aromatic heterocycles. The molecule has 0 aromatic carbocycles. The molecule has 27 heavy (non-hydrogen) atoms. The second kappa shape index (κ2) is 6.75. The van der Waals surface area contributed by atoms with Gasteiger partial charge in [0, 0.05) is 36.1 Å². The summed E-state index contributed by atoms with van der Waals surface area (Å²) >= 11 is 1.43. The summed E-state index contributed by atoms with van der Waals surface area (Å²) in [5.74, 6) is 0.699. The summed E-state index contributed by atoms with van der Waals surface area (Å²) in [5, 5.41) is 11.3. The summed E-state index contributed by atoms with van der Waals surface area (Å²) in [6, 6.07) is 0. The fraction of sp³-hybridized carbons (Fsp3) is 0.333. The Bertz CT molecular complexity index is 1060. The molecule has 0 amide bonds. The highest BCUT2D eigenvalue weighted by Crippen LogP contribution is 2.35. The summed E-state index contributed by atoms with van der Waals surface area (Å²) in [7, 11) is 0. The number of rotatable bonds is 5. The molecule has 4 N–H and O–H groups in total. The predicted octanol–water partition coefficient (Wildman–Crippen LogP) is 3.12. The van der Waals surface area contributed by atoms with E-state index in [9.17, 15) is 0 Å². The Morgan fingerprint density at radius 3 is 2.81 bits per heavy atom. The van der Waals surface area contributed by atoms with E-state index >= 15 is 0 Å². The number of nitrogens with one attached hydrogen (secondary N) is 2. The maximum atomic E-state index is 5.77. The van der Waals surface area contributed by atoms with Crippen molar-refractivity contribution in [2.45, 2.75) is 32.6 Å². The van der Waals surface area contributed by atoms with E-state index in [1.54, 1.807) is 6.20 Å². The summed E-state index contributed by atoms with van der Waals surface area (Å²) in [6.45, 7) is 7.04. The van der Waals surface area contributed by atoms with Crippen molar-refractivity contribution in [3.8, 4) is 11.3 Å². The van der Waals surface area contributed by atoms with E-state index in [0.717, 1.165) is 33.2 Å². The van der Waals surface area contributed by atoms with Gasteiger partial charge in [-0.15, -0.1) is 0 Å². The predicted molar refractivity (Wildman–Crippen MR) is 107 cm³/mol. The number of anilines is 2. The van der Waals surface area contributed by atoms with Gasteiger partial charge in [0.05, 0.1) is 23.8 Å². The van der Waals surface area contributed by atoms with Gasteiger partial charge in [-0.3, -0.25) is 9.50 Å². The Hall–Kier alpha value is -2.78. The van der Waals surface area contributed by atoms with E-state index < -0.39 is 0 Å². The first-order chi connectivity index (χ1) is 13.0. The van der Waals surface area contributed by atoms with Crippen LogP contribution in [0.5, 0.6) is 0 Å². The van der Waals surface area contributed by atoms with Crippen LogP contribution in [0.25, 0.3) is 16.9 Å². The second-order valence-corrected chi connectivity index (χ2v) is 8.19. The topological polar surface area (TPSA) is 110 Å². The zero-order chi connectivity index (χ0) is 19.0. The third-order valence-corrected chi connectivity index (χ3v) is 5.06. The molecule has 0 aliphatic heterocycles. The van der Waals surface area contributed by atoms with E-state index in [0.29, 0.717) is 18.8 Å². The molecule has 4 rings (SSSR count). The number of aromatic amines is 1. The van der Waals surface area contributed by atoms with Gasteiger partial charge in [0.25, 0.3) is 0 Å². The second-order valence-electron chi connectivity index (χ2n) is 7.39. The van der Waals surface area contributed by atoms with Gasteiger partial charge < -0.3 is 11.1 Å². The quantitative estimate of drug-likeness (QED) is 0.489. The zero-order valence-electron chi connectivity index (χ0n) is 15.5. The van der Waals surface area contributed by atoms with Gasteiger partial charge in [0.2, 0.25) is 0 Å². The fourth-order valence-electron chi connectivity index (χ4n) is 2.97. The van der Waals surface area contributed by atoms with Gasteiger partial charge in [-0.2, -0.15) is 9.47 Å². The van der Waals surface area contributed by atoms with Gasteiger partial charge in [0.15, 0.2) is 11.5 Å². The van der Waals surface area contributed by atoms with Gasteiger partial charge in [-0.25, -0.2) is 9.97 Å². The van der Waals surface area contributed by atoms with Crippen LogP contribution in [0.15, 0.2) is 31.0 Å². The van der Waals surface area contributed by atoms with Gasteiger partial charge >= 0.3 is 0 Å². The zero-order valence-corrected chi connectivity index (χ0v) is 16.3. The SMILES string of the molecule is CC(C)(C)c1cnsc1Nc1nc(CCN)cn2c(-c3cn[nH]c3)cnc12. The number of aromatic nitrogens is 6. The average Bonchev–Trinajstić information content (AvgIpc) is 3.34. The highest BCUT2D eigenvalue weighted by Gasteiger charge is 2.22. The highest BCUT2D eigenvalue weighted by atomic mass is 32.1. The summed E-state index contributed by atoms with van der Waals surface area (Å²) in [6.07, 6.45) is 10.0. The van der Waals surface area contributed by atoms with Gasteiger partial charge in [-0.1, -0.05) is 20.8 Å². The fourth-order valence-corrected chi connectivity index (χ4v) is 3.83. The number of hydrogen-bond acceptors (Lipinski definition) is 7. The minimum atomic E-state index is -0.0160. The Labute approximate surface area is 161 Å². The van der Waals surface area contributed by atoms with Gasteiger partial charge in [-0.05, 0) is 23.5 Å². The molecule has 0 aliphatic rings. The van der Waals surface area contributed by atoms with E-state index in [1.807, 2.05) is 29.2 Å². The first kappa shape index (κ1) is 17.6. The summed E-state index contributed by atoms with van der Waals surface area (Å²) in [4.78, 5) is 9.36. The van der Waals surface area contributed by atoms with Crippen molar-refractivity contribution in [2.75, 3.05) is 11.9 Å². The van der Waals surface area contributed by atoms with Crippen molar-refractivity contribution in [2.24, 2.45) is 5.73 Å². The van der Waals surface area contributed by atoms with Crippen LogP contribution in [0, 0.1) is 0 Å². The molecule has 8 nitrogen and oxygen atoms in total. The average molecular weight is 382 g/mol. The molecule has 0 bridgehead atoms. The van der Waals surface area contributed by atoms with E-state index in [4.69, 9.17) is 10.7 Å². The molecule has 0 atom stereocenters. The van der Waals surface area contributed by atoms with Crippen molar-refractivity contribution in [3.05, 3.63) is 42.2 Å². The standard InChI is InChI=1S/C18H22N8S/c1-18(2,3)13-8-23-27-17(13)25-15-16-20-9-14(11-6-21-22-7-11)26(16)10-12(24-15)4-5-19/h6-10H,4-5,19H2,1-3H3,(H,21,22)(H,24,25). The molecule has 0 saturated carbocycles. The molecule has 0 fully saturated rings. The first-order valence-corrected chi connectivity index (χ1v) is 9.53. The molecule has 0 aliphatic carbocycles. The van der Waals surface area contributed by atoms with Crippen LogP contribution in [0.4, 0.5) is 10.8 Å². The van der Waals surface area contributed by atoms with Crippen LogP contribution in [-0.2, 0) is 11.8 Å². The van der Waals surface area contributed by atoms with E-state index in [-0.39, 0.29) is 5.41 Å². The molecule has 4 heterocycles. The monoisotopic (exact) mass is 382 g/mol. The Morgan fingerprint density at radius 2 is 2.11 bits per heavy atom. The third kappa shape index (κ3) is 3.31. The molecule has 0 radical (unpaired) electrons. The van der Waals surface area contributed by atoms with Crippen LogP contribution in [-0.4, -0.2) is 35.5 Å². The highest BCUT2D eigenvalue weighted by molar-refractivity contribution is 7.10. The molecule has 0 saturated heterocycles. The molecule has 4 aromatic rings. The number of hydrogen-bond donors (Lipinski definition) is 3. The lowest BCUT2D eigenvalue weighted by atomic mass is 9.89. The minimum Gasteiger partial charge on any atom is -0.330 e. The van der Waals surface area contributed by atoms with Crippen LogP contribution < -0.4 is 11.1 Å². The van der Waals surface area contributed by atoms with E-state index in [2.05, 4.69) is 45.6 Å². The Balaban J connectivity index is 1.84. The van der Waals surface area contributed by atoms with Crippen LogP contribution in [0.2, 0.25) is 0 Å². The van der Waals surface area contributed by atoms with Gasteiger partial charge in [0.1, 0.15) is 5.00 Å². The number of imidazole rings is 1. The van der Waals surface area contributed by atoms with Crippen molar-refractivity contribution in [1.29, 1.82) is 0 Å². The number of nitrogens with zero attached hydrogens (tertiary/aromatic N) is 5. The van der Waals surface area contributed by atoms with Crippen molar-refractivity contribution < 1.29 is 0 Å². The van der Waals surface area contributed by atoms with Crippen LogP contribution in [0.1, 0.15) is 32.0 Å². The smallest absolute Gasteiger partial charge is 0.180 e. The van der Waals surface area contributed by atoms with E-state index in [1.165, 1.54) is 11.5 Å². The molecular formula is C18H22N8S. The lowest BCUT2D eigenvalue weighted by Crippen LogP contribution is -2.13. The largest absolute Gasteiger partial charge is 0.330 e. The lowest BCUT2D eigenvalue weighted by Gasteiger charge is -2.19. The molecule has 140 valence electrons. The van der Waals surface area contributed by atoms with Crippen LogP contribution in [0.3, 0.4) is 0 Å². The van der Waals surface area contributed by atoms with Crippen LogP contribution >= 0.6 is 11.5 Å². The molecule has 9 heteroatoms. The first-order valence-electron chi connectivity index (χ1n) is 8.75. The number of fused-ring (bicyclic) bond motifs is 1. The minimum absolute atomic E-state index is 0.0160. The maximum Gasteiger partial charge on any atom is 0.180 e. The third-order valence-electron chi connectivity index (χ3n) is 4.35. The lowest BCUT2D eigenvalue weighted by molar-refractivity contribution is 0.593. The summed E-state index contributed by atoms with van der Waals surface area (Å²) in [5.41, 5.74) is 10.5. The maximum absolute atomic E-state index is 5.77. The van der Waals surface area contributed by atoms with Crippen molar-refractivity contribution in [1.82, 2.24) is 28.9 Å². The van der Waals surface area contributed by atoms with Crippen molar-refractivity contribution in [3.63, 3.8) is 0 Å². The summed E-state index contributed by atoms with van der Waals surface area (Å²) < 4.78 is 6.39. The number of nitrogens with two attached hydrogens (primary N) is 1.